The molecule has 0 aromatic heterocycles. The molecule has 0 saturated carbocycles. The molecular weight excluding hydrogens is 212 g/mol. The minimum atomic E-state index is -0.774. The predicted molar refractivity (Wildman–Crippen MR) is 44.6 cm³/mol. The Hall–Kier alpha value is -0.380. The topological polar surface area (TPSA) is 43.4 Å². The van der Waals surface area contributed by atoms with Crippen LogP contribution in [0.5, 0.6) is 0 Å². The van der Waals surface area contributed by atoms with Crippen LogP contribution in [0.4, 0.5) is 0 Å². The molecule has 1 atom stereocenters. The second-order valence-corrected chi connectivity index (χ2v) is 3.81. The monoisotopic (exact) mass is 222 g/mol. The summed E-state index contributed by atoms with van der Waals surface area (Å²) in [7, 11) is 0. The molecular formula is C7H11BrO3. The van der Waals surface area contributed by atoms with E-state index in [1.165, 1.54) is 0 Å². The van der Waals surface area contributed by atoms with E-state index in [0.29, 0.717) is 0 Å². The summed E-state index contributed by atoms with van der Waals surface area (Å²) in [6, 6.07) is 0. The number of Topliss-reactive ketones (excluding diaryl/α,β-unsaturated/α-hetero) is 1. The van der Waals surface area contributed by atoms with Crippen molar-refractivity contribution < 1.29 is 14.3 Å². The SMILES string of the molecule is CC(C)OC(=O)C(=O)C(C)Br. The number of rotatable bonds is 3. The number of ketones is 1. The van der Waals surface area contributed by atoms with Crippen molar-refractivity contribution in [1.29, 1.82) is 0 Å². The summed E-state index contributed by atoms with van der Waals surface area (Å²) in [5.41, 5.74) is 0. The molecule has 11 heavy (non-hydrogen) atoms. The van der Waals surface area contributed by atoms with Crippen molar-refractivity contribution in [1.82, 2.24) is 0 Å². The van der Waals surface area contributed by atoms with E-state index in [-0.39, 0.29) is 6.10 Å². The molecule has 4 heteroatoms. The summed E-state index contributed by atoms with van der Waals surface area (Å²) in [4.78, 5) is 21.2. The third kappa shape index (κ3) is 4.14. The highest BCUT2D eigenvalue weighted by Crippen LogP contribution is 2.01. The molecule has 1 unspecified atom stereocenters. The normalized spacial score (nSPS) is 12.8. The Morgan fingerprint density at radius 1 is 1.27 bits per heavy atom. The molecule has 0 aromatic rings. The van der Waals surface area contributed by atoms with E-state index in [2.05, 4.69) is 20.7 Å². The van der Waals surface area contributed by atoms with Crippen LogP contribution in [0.25, 0.3) is 0 Å². The summed E-state index contributed by atoms with van der Waals surface area (Å²) in [6.45, 7) is 4.98. The molecule has 0 bridgehead atoms. The highest BCUT2D eigenvalue weighted by atomic mass is 79.9. The molecule has 0 spiro atoms. The molecule has 0 saturated heterocycles. The number of carbonyl (C=O) groups excluding carboxylic acids is 2. The molecule has 0 aliphatic heterocycles. The van der Waals surface area contributed by atoms with Crippen molar-refractivity contribution in [3.8, 4) is 0 Å². The van der Waals surface area contributed by atoms with Crippen molar-refractivity contribution in [2.24, 2.45) is 0 Å². The first kappa shape index (κ1) is 10.6. The lowest BCUT2D eigenvalue weighted by atomic mass is 10.3. The molecule has 0 heterocycles. The Balaban J connectivity index is 3.94. The summed E-state index contributed by atoms with van der Waals surface area (Å²) in [5, 5.41) is 0. The van der Waals surface area contributed by atoms with E-state index in [4.69, 9.17) is 0 Å². The van der Waals surface area contributed by atoms with Crippen LogP contribution in [-0.4, -0.2) is 22.7 Å². The molecule has 64 valence electrons. The van der Waals surface area contributed by atoms with E-state index < -0.39 is 16.6 Å². The van der Waals surface area contributed by atoms with Crippen molar-refractivity contribution >= 4 is 27.7 Å². The predicted octanol–water partition coefficient (Wildman–Crippen LogP) is 1.29. The van der Waals surface area contributed by atoms with Gasteiger partial charge in [-0.1, -0.05) is 15.9 Å². The highest BCUT2D eigenvalue weighted by molar-refractivity contribution is 9.10. The second kappa shape index (κ2) is 4.49. The number of esters is 1. The fourth-order valence-corrected chi connectivity index (χ4v) is 0.621. The van der Waals surface area contributed by atoms with Gasteiger partial charge in [0.15, 0.2) is 0 Å². The Kier molecular flexibility index (Phi) is 4.33. The van der Waals surface area contributed by atoms with E-state index in [9.17, 15) is 9.59 Å². The van der Waals surface area contributed by atoms with Gasteiger partial charge in [-0.15, -0.1) is 0 Å². The van der Waals surface area contributed by atoms with Crippen LogP contribution in [-0.2, 0) is 14.3 Å². The molecule has 0 aliphatic rings. The molecule has 0 aliphatic carbocycles. The van der Waals surface area contributed by atoms with E-state index >= 15 is 0 Å². The fourth-order valence-electron chi connectivity index (χ4n) is 0.435. The van der Waals surface area contributed by atoms with Crippen LogP contribution < -0.4 is 0 Å². The number of ether oxygens (including phenoxy) is 1. The van der Waals surface area contributed by atoms with Gasteiger partial charge in [-0.05, 0) is 20.8 Å². The van der Waals surface area contributed by atoms with Gasteiger partial charge in [-0.3, -0.25) is 4.79 Å². The van der Waals surface area contributed by atoms with Crippen LogP contribution in [0.3, 0.4) is 0 Å². The summed E-state index contributed by atoms with van der Waals surface area (Å²) in [5.74, 6) is -1.32. The third-order valence-corrected chi connectivity index (χ3v) is 1.32. The minimum absolute atomic E-state index is 0.238. The lowest BCUT2D eigenvalue weighted by Crippen LogP contribution is -2.26. The van der Waals surface area contributed by atoms with Crippen LogP contribution in [0.15, 0.2) is 0 Å². The van der Waals surface area contributed by atoms with Crippen molar-refractivity contribution in [3.05, 3.63) is 0 Å². The Morgan fingerprint density at radius 3 is 2.00 bits per heavy atom. The number of carbonyl (C=O) groups is 2. The summed E-state index contributed by atoms with van der Waals surface area (Å²) < 4.78 is 4.65. The highest BCUT2D eigenvalue weighted by Gasteiger charge is 2.20. The van der Waals surface area contributed by atoms with Crippen LogP contribution in [0.2, 0.25) is 0 Å². The summed E-state index contributed by atoms with van der Waals surface area (Å²) >= 11 is 2.98. The van der Waals surface area contributed by atoms with Crippen molar-refractivity contribution in [3.63, 3.8) is 0 Å². The molecule has 0 radical (unpaired) electrons. The van der Waals surface area contributed by atoms with Gasteiger partial charge in [0.1, 0.15) is 0 Å². The lowest BCUT2D eigenvalue weighted by Gasteiger charge is -2.06. The number of alkyl halides is 1. The second-order valence-electron chi connectivity index (χ2n) is 2.43. The smallest absolute Gasteiger partial charge is 0.376 e. The van der Waals surface area contributed by atoms with Crippen LogP contribution in [0.1, 0.15) is 20.8 Å². The van der Waals surface area contributed by atoms with Gasteiger partial charge >= 0.3 is 5.97 Å². The van der Waals surface area contributed by atoms with Gasteiger partial charge in [-0.25, -0.2) is 4.79 Å². The molecule has 0 N–H and O–H groups in total. The largest absolute Gasteiger partial charge is 0.457 e. The van der Waals surface area contributed by atoms with E-state index in [0.717, 1.165) is 0 Å². The maximum absolute atomic E-state index is 10.9. The number of hydrogen-bond donors (Lipinski definition) is 0. The minimum Gasteiger partial charge on any atom is -0.457 e. The molecule has 0 aromatic carbocycles. The molecule has 0 fully saturated rings. The molecule has 0 rings (SSSR count). The maximum atomic E-state index is 10.9. The lowest BCUT2D eigenvalue weighted by molar-refractivity contribution is -0.156. The first-order valence-corrected chi connectivity index (χ1v) is 4.25. The quantitative estimate of drug-likeness (QED) is 0.411. The number of hydrogen-bond acceptors (Lipinski definition) is 3. The van der Waals surface area contributed by atoms with Gasteiger partial charge in [-0.2, -0.15) is 0 Å². The molecule has 3 nitrogen and oxygen atoms in total. The summed E-state index contributed by atoms with van der Waals surface area (Å²) in [6.07, 6.45) is -0.238. The van der Waals surface area contributed by atoms with Crippen molar-refractivity contribution in [2.75, 3.05) is 0 Å². The molecule has 0 amide bonds. The Morgan fingerprint density at radius 2 is 1.73 bits per heavy atom. The zero-order valence-electron chi connectivity index (χ0n) is 6.76. The van der Waals surface area contributed by atoms with E-state index in [1.54, 1.807) is 20.8 Å². The first-order valence-electron chi connectivity index (χ1n) is 3.34. The van der Waals surface area contributed by atoms with Gasteiger partial charge in [0.05, 0.1) is 10.9 Å². The van der Waals surface area contributed by atoms with Gasteiger partial charge < -0.3 is 4.74 Å². The number of halogens is 1. The maximum Gasteiger partial charge on any atom is 0.376 e. The average molecular weight is 223 g/mol. The average Bonchev–Trinajstić information content (AvgIpc) is 1.84. The first-order chi connectivity index (χ1) is 4.95. The standard InChI is InChI=1S/C7H11BrO3/c1-4(2)11-7(10)6(9)5(3)8/h4-5H,1-3H3. The van der Waals surface area contributed by atoms with Crippen LogP contribution in [0, 0.1) is 0 Å². The van der Waals surface area contributed by atoms with Crippen LogP contribution >= 0.6 is 15.9 Å². The third-order valence-electron chi connectivity index (χ3n) is 0.905. The van der Waals surface area contributed by atoms with Crippen molar-refractivity contribution in [2.45, 2.75) is 31.7 Å². The Labute approximate surface area is 74.2 Å². The van der Waals surface area contributed by atoms with E-state index in [1.807, 2.05) is 0 Å². The zero-order chi connectivity index (χ0) is 9.02. The van der Waals surface area contributed by atoms with Gasteiger partial charge in [0, 0.05) is 0 Å². The Bertz CT molecular complexity index is 163. The fraction of sp³-hybridized carbons (Fsp3) is 0.714. The van der Waals surface area contributed by atoms with Gasteiger partial charge in [0.25, 0.3) is 5.78 Å². The van der Waals surface area contributed by atoms with Gasteiger partial charge in [0.2, 0.25) is 0 Å². The zero-order valence-corrected chi connectivity index (χ0v) is 8.34.